The lowest BCUT2D eigenvalue weighted by atomic mass is 10.1. The number of primary amides is 1. The van der Waals surface area contributed by atoms with Crippen LogP contribution >= 0.6 is 0 Å². The van der Waals surface area contributed by atoms with Gasteiger partial charge in [-0.3, -0.25) is 9.59 Å². The Morgan fingerprint density at radius 1 is 0.970 bits per heavy atom. The van der Waals surface area contributed by atoms with Crippen LogP contribution in [0.1, 0.15) is 26.4 Å². The number of nitrogens with one attached hydrogen (secondary N) is 1. The zero-order chi connectivity index (χ0) is 23.5. The first kappa shape index (κ1) is 21.9. The van der Waals surface area contributed by atoms with Gasteiger partial charge in [0.15, 0.2) is 11.5 Å². The molecule has 3 aromatic carbocycles. The van der Waals surface area contributed by atoms with E-state index in [2.05, 4.69) is 5.32 Å². The summed E-state index contributed by atoms with van der Waals surface area (Å²) in [5.41, 5.74) is 7.27. The van der Waals surface area contributed by atoms with Gasteiger partial charge in [0.25, 0.3) is 11.8 Å². The van der Waals surface area contributed by atoms with E-state index in [-0.39, 0.29) is 23.6 Å². The smallest absolute Gasteiger partial charge is 0.272 e. The molecule has 33 heavy (non-hydrogen) atoms. The Morgan fingerprint density at radius 3 is 2.33 bits per heavy atom. The first-order chi connectivity index (χ1) is 15.9. The predicted octanol–water partition coefficient (Wildman–Crippen LogP) is 4.20. The first-order valence-electron chi connectivity index (χ1n) is 10.1. The Bertz CT molecular complexity index is 1360. The number of halogens is 1. The Balaban J connectivity index is 1.78. The number of ether oxygens (including phenoxy) is 2. The number of hydrogen-bond acceptors (Lipinski definition) is 4. The van der Waals surface area contributed by atoms with Gasteiger partial charge in [-0.1, -0.05) is 36.4 Å². The third kappa shape index (κ3) is 4.23. The lowest BCUT2D eigenvalue weighted by Gasteiger charge is -2.15. The lowest BCUT2D eigenvalue weighted by Crippen LogP contribution is -2.21. The zero-order valence-electron chi connectivity index (χ0n) is 18.1. The van der Waals surface area contributed by atoms with Gasteiger partial charge in [-0.05, 0) is 24.3 Å². The number of benzene rings is 3. The molecule has 0 saturated heterocycles. The fourth-order valence-electron chi connectivity index (χ4n) is 3.74. The van der Waals surface area contributed by atoms with Crippen molar-refractivity contribution in [1.29, 1.82) is 0 Å². The van der Waals surface area contributed by atoms with E-state index in [0.29, 0.717) is 22.8 Å². The van der Waals surface area contributed by atoms with Crippen molar-refractivity contribution in [3.63, 3.8) is 0 Å². The van der Waals surface area contributed by atoms with E-state index in [1.165, 1.54) is 32.4 Å². The maximum absolute atomic E-state index is 14.4. The van der Waals surface area contributed by atoms with Crippen molar-refractivity contribution in [1.82, 2.24) is 4.57 Å². The highest BCUT2D eigenvalue weighted by molar-refractivity contribution is 6.10. The molecule has 8 heteroatoms. The number of nitrogens with zero attached hydrogens (tertiary/aromatic N) is 1. The molecular formula is C25H22FN3O4. The third-order valence-electron chi connectivity index (χ3n) is 5.37. The predicted molar refractivity (Wildman–Crippen MR) is 123 cm³/mol. The van der Waals surface area contributed by atoms with E-state index in [9.17, 15) is 14.0 Å². The average Bonchev–Trinajstić information content (AvgIpc) is 3.18. The molecule has 0 spiro atoms. The molecule has 0 aliphatic carbocycles. The van der Waals surface area contributed by atoms with Crippen molar-refractivity contribution in [2.45, 2.75) is 6.54 Å². The number of anilines is 1. The van der Waals surface area contributed by atoms with E-state index >= 15 is 0 Å². The number of para-hydroxylation sites is 1. The molecule has 1 aromatic heterocycles. The largest absolute Gasteiger partial charge is 0.493 e. The van der Waals surface area contributed by atoms with Crippen LogP contribution in [0.25, 0.3) is 10.9 Å². The molecule has 0 aliphatic rings. The second-order valence-electron chi connectivity index (χ2n) is 7.34. The third-order valence-corrected chi connectivity index (χ3v) is 5.37. The van der Waals surface area contributed by atoms with Crippen LogP contribution in [0.4, 0.5) is 10.1 Å². The molecule has 0 fully saturated rings. The fraction of sp³-hybridized carbons (Fsp3) is 0.120. The van der Waals surface area contributed by atoms with Gasteiger partial charge >= 0.3 is 0 Å². The van der Waals surface area contributed by atoms with Crippen LogP contribution in [-0.2, 0) is 6.54 Å². The number of rotatable bonds is 7. The minimum atomic E-state index is -0.738. The van der Waals surface area contributed by atoms with Crippen molar-refractivity contribution in [3.05, 3.63) is 89.4 Å². The minimum Gasteiger partial charge on any atom is -0.493 e. The molecule has 3 N–H and O–H groups in total. The SMILES string of the molecule is COc1cc(NC(=O)c2cc3ccccc3n2Cc2ccccc2F)c(C(N)=O)cc1OC. The molecule has 7 nitrogen and oxygen atoms in total. The summed E-state index contributed by atoms with van der Waals surface area (Å²) >= 11 is 0. The zero-order valence-corrected chi connectivity index (χ0v) is 18.1. The molecule has 2 amide bonds. The minimum absolute atomic E-state index is 0.0674. The summed E-state index contributed by atoms with van der Waals surface area (Å²) in [4.78, 5) is 25.4. The number of amides is 2. The van der Waals surface area contributed by atoms with Crippen LogP contribution in [0, 0.1) is 5.82 Å². The summed E-state index contributed by atoms with van der Waals surface area (Å²) in [6, 6.07) is 18.4. The maximum atomic E-state index is 14.4. The molecule has 168 valence electrons. The Hall–Kier alpha value is -4.33. The van der Waals surface area contributed by atoms with Crippen LogP contribution in [0.2, 0.25) is 0 Å². The highest BCUT2D eigenvalue weighted by Crippen LogP contribution is 2.34. The number of carbonyl (C=O) groups is 2. The lowest BCUT2D eigenvalue weighted by molar-refractivity contribution is 0.100. The van der Waals surface area contributed by atoms with Gasteiger partial charge in [-0.25, -0.2) is 4.39 Å². The van der Waals surface area contributed by atoms with Gasteiger partial charge in [-0.2, -0.15) is 0 Å². The Kier molecular flexibility index (Phi) is 5.99. The summed E-state index contributed by atoms with van der Waals surface area (Å²) in [7, 11) is 2.88. The van der Waals surface area contributed by atoms with E-state index < -0.39 is 11.8 Å². The van der Waals surface area contributed by atoms with E-state index in [0.717, 1.165) is 10.9 Å². The van der Waals surface area contributed by atoms with Gasteiger partial charge in [0, 0.05) is 22.5 Å². The monoisotopic (exact) mass is 447 g/mol. The Labute approximate surface area is 189 Å². The van der Waals surface area contributed by atoms with Gasteiger partial charge in [0.1, 0.15) is 11.5 Å². The molecule has 4 rings (SSSR count). The van der Waals surface area contributed by atoms with Crippen molar-refractivity contribution >= 4 is 28.4 Å². The van der Waals surface area contributed by atoms with Crippen LogP contribution in [0.5, 0.6) is 11.5 Å². The quantitative estimate of drug-likeness (QED) is 0.444. The summed E-state index contributed by atoms with van der Waals surface area (Å²) < 4.78 is 26.6. The van der Waals surface area contributed by atoms with Crippen LogP contribution in [0.15, 0.2) is 66.7 Å². The van der Waals surface area contributed by atoms with Crippen molar-refractivity contribution in [3.8, 4) is 11.5 Å². The van der Waals surface area contributed by atoms with E-state index in [4.69, 9.17) is 15.2 Å². The summed E-state index contributed by atoms with van der Waals surface area (Å²) in [6.45, 7) is 0.150. The molecule has 0 saturated carbocycles. The number of carbonyl (C=O) groups excluding carboxylic acids is 2. The number of nitrogens with two attached hydrogens (primary N) is 1. The van der Waals surface area contributed by atoms with Crippen molar-refractivity contribution in [2.24, 2.45) is 5.73 Å². The maximum Gasteiger partial charge on any atom is 0.272 e. The second kappa shape index (κ2) is 9.04. The van der Waals surface area contributed by atoms with E-state index in [1.54, 1.807) is 28.8 Å². The molecule has 0 atom stereocenters. The van der Waals surface area contributed by atoms with Gasteiger partial charge < -0.3 is 25.1 Å². The molecule has 0 radical (unpaired) electrons. The van der Waals surface area contributed by atoms with Gasteiger partial charge in [0.05, 0.1) is 32.0 Å². The van der Waals surface area contributed by atoms with Crippen molar-refractivity contribution in [2.75, 3.05) is 19.5 Å². The summed E-state index contributed by atoms with van der Waals surface area (Å²) in [5, 5.41) is 3.57. The fourth-order valence-corrected chi connectivity index (χ4v) is 3.74. The number of methoxy groups -OCH3 is 2. The molecule has 0 bridgehead atoms. The molecule has 0 unspecified atom stereocenters. The summed E-state index contributed by atoms with van der Waals surface area (Å²) in [5.74, 6) is -0.962. The second-order valence-corrected chi connectivity index (χ2v) is 7.34. The molecule has 0 aliphatic heterocycles. The highest BCUT2D eigenvalue weighted by Gasteiger charge is 2.21. The van der Waals surface area contributed by atoms with Crippen LogP contribution in [-0.4, -0.2) is 30.6 Å². The topological polar surface area (TPSA) is 95.6 Å². The van der Waals surface area contributed by atoms with Gasteiger partial charge in [0.2, 0.25) is 0 Å². The Morgan fingerprint density at radius 2 is 1.64 bits per heavy atom. The van der Waals surface area contributed by atoms with E-state index in [1.807, 2.05) is 24.3 Å². The number of hydrogen-bond donors (Lipinski definition) is 2. The average molecular weight is 447 g/mol. The standard InChI is InChI=1S/C25H22FN3O4/c1-32-22-12-17(24(27)30)19(13-23(22)33-2)28-25(31)21-11-15-7-4-6-10-20(15)29(21)14-16-8-3-5-9-18(16)26/h3-13H,14H2,1-2H3,(H2,27,30)(H,28,31). The summed E-state index contributed by atoms with van der Waals surface area (Å²) in [6.07, 6.45) is 0. The van der Waals surface area contributed by atoms with Crippen molar-refractivity contribution < 1.29 is 23.5 Å². The van der Waals surface area contributed by atoms with Gasteiger partial charge in [-0.15, -0.1) is 0 Å². The molecule has 1 heterocycles. The normalized spacial score (nSPS) is 10.8. The first-order valence-corrected chi connectivity index (χ1v) is 10.1. The van der Waals surface area contributed by atoms with Crippen LogP contribution in [0.3, 0.4) is 0 Å². The van der Waals surface area contributed by atoms with Crippen LogP contribution < -0.4 is 20.5 Å². The molecule has 4 aromatic rings. The molecular weight excluding hydrogens is 425 g/mol. The number of aromatic nitrogens is 1. The number of fused-ring (bicyclic) bond motifs is 1. The highest BCUT2D eigenvalue weighted by atomic mass is 19.1.